The molecule has 0 radical (unpaired) electrons. The maximum absolute atomic E-state index is 12.8. The molecule has 2 aromatic rings. The molecule has 0 unspecified atom stereocenters. The zero-order chi connectivity index (χ0) is 15.0. The first-order chi connectivity index (χ1) is 9.18. The van der Waals surface area contributed by atoms with Crippen molar-refractivity contribution in [3.63, 3.8) is 0 Å². The fourth-order valence-corrected chi connectivity index (χ4v) is 2.31. The fourth-order valence-electron chi connectivity index (χ4n) is 1.72. The number of benzene rings is 2. The summed E-state index contributed by atoms with van der Waals surface area (Å²) in [5.74, 6) is 0. The molecule has 0 atom stereocenters. The Morgan fingerprint density at radius 1 is 0.900 bits per heavy atom. The third-order valence-electron chi connectivity index (χ3n) is 2.67. The molecular weight excluding hydrogens is 291 g/mol. The summed E-state index contributed by atoms with van der Waals surface area (Å²) in [7, 11) is -4.22. The van der Waals surface area contributed by atoms with E-state index in [0.29, 0.717) is 11.6 Å². The average molecular weight is 301 g/mol. The van der Waals surface area contributed by atoms with E-state index in [2.05, 4.69) is 0 Å². The molecule has 2 aromatic carbocycles. The Morgan fingerprint density at radius 3 is 2.00 bits per heavy atom. The lowest BCUT2D eigenvalue weighted by atomic mass is 10.0. The number of sulfonamides is 1. The van der Waals surface area contributed by atoms with Crippen LogP contribution in [0.3, 0.4) is 0 Å². The summed E-state index contributed by atoms with van der Waals surface area (Å²) in [5, 5.41) is 4.92. The van der Waals surface area contributed by atoms with Gasteiger partial charge in [-0.15, -0.1) is 0 Å². The molecule has 0 saturated heterocycles. The number of halogens is 3. The van der Waals surface area contributed by atoms with Crippen LogP contribution in [0.4, 0.5) is 13.2 Å². The molecule has 0 saturated carbocycles. The second-order valence-corrected chi connectivity index (χ2v) is 5.72. The fraction of sp³-hybridized carbons (Fsp3) is 0.0769. The average Bonchev–Trinajstić information content (AvgIpc) is 2.37. The third kappa shape index (κ3) is 3.17. The molecule has 2 N–H and O–H groups in total. The predicted octanol–water partition coefficient (Wildman–Crippen LogP) is 3.02. The number of primary sulfonamides is 1. The molecule has 3 nitrogen and oxygen atoms in total. The first-order valence-corrected chi connectivity index (χ1v) is 7.03. The van der Waals surface area contributed by atoms with Crippen molar-refractivity contribution in [1.82, 2.24) is 0 Å². The minimum Gasteiger partial charge on any atom is -0.225 e. The van der Waals surface area contributed by atoms with E-state index in [-0.39, 0.29) is 5.56 Å². The van der Waals surface area contributed by atoms with Gasteiger partial charge in [-0.25, -0.2) is 13.6 Å². The molecule has 0 aliphatic rings. The van der Waals surface area contributed by atoms with E-state index in [1.165, 1.54) is 0 Å². The Hall–Kier alpha value is -1.86. The van der Waals surface area contributed by atoms with Gasteiger partial charge in [0.1, 0.15) is 0 Å². The van der Waals surface area contributed by atoms with Gasteiger partial charge < -0.3 is 0 Å². The maximum Gasteiger partial charge on any atom is 0.416 e. The molecule has 0 amide bonds. The topological polar surface area (TPSA) is 60.2 Å². The molecule has 0 aliphatic carbocycles. The van der Waals surface area contributed by atoms with Crippen molar-refractivity contribution in [1.29, 1.82) is 0 Å². The van der Waals surface area contributed by atoms with E-state index < -0.39 is 26.7 Å². The van der Waals surface area contributed by atoms with Gasteiger partial charge in [-0.05, 0) is 29.3 Å². The highest BCUT2D eigenvalue weighted by Gasteiger charge is 2.32. The van der Waals surface area contributed by atoms with Gasteiger partial charge in [-0.2, -0.15) is 13.2 Å². The van der Waals surface area contributed by atoms with Gasteiger partial charge in [0.15, 0.2) is 0 Å². The Bertz CT molecular complexity index is 725. The van der Waals surface area contributed by atoms with E-state index >= 15 is 0 Å². The highest BCUT2D eigenvalue weighted by atomic mass is 32.2. The van der Waals surface area contributed by atoms with Gasteiger partial charge in [0.05, 0.1) is 10.5 Å². The Morgan fingerprint density at radius 2 is 1.50 bits per heavy atom. The second kappa shape index (κ2) is 4.92. The molecule has 20 heavy (non-hydrogen) atoms. The number of hydrogen-bond acceptors (Lipinski definition) is 2. The van der Waals surface area contributed by atoms with Gasteiger partial charge in [-0.3, -0.25) is 0 Å². The summed E-state index contributed by atoms with van der Waals surface area (Å²) in [6.07, 6.45) is -4.65. The number of rotatable bonds is 2. The van der Waals surface area contributed by atoms with Gasteiger partial charge in [-0.1, -0.05) is 30.3 Å². The Balaban J connectivity index is 2.70. The SMILES string of the molecule is NS(=O)(=O)c1cc(-c2ccccc2)cc(C(F)(F)F)c1. The van der Waals surface area contributed by atoms with Crippen molar-refractivity contribution >= 4 is 10.0 Å². The standard InChI is InChI=1S/C13H10F3NO2S/c14-13(15,16)11-6-10(9-4-2-1-3-5-9)7-12(8-11)20(17,18)19/h1-8H,(H2,17,18,19). The van der Waals surface area contributed by atoms with Crippen molar-refractivity contribution in [2.75, 3.05) is 0 Å². The highest BCUT2D eigenvalue weighted by molar-refractivity contribution is 7.89. The monoisotopic (exact) mass is 301 g/mol. The van der Waals surface area contributed by atoms with Crippen molar-refractivity contribution in [2.45, 2.75) is 11.1 Å². The van der Waals surface area contributed by atoms with Crippen LogP contribution in [0, 0.1) is 0 Å². The van der Waals surface area contributed by atoms with Crippen LogP contribution in [0.5, 0.6) is 0 Å². The van der Waals surface area contributed by atoms with Crippen LogP contribution in [0.15, 0.2) is 53.4 Å². The van der Waals surface area contributed by atoms with Gasteiger partial charge >= 0.3 is 6.18 Å². The highest BCUT2D eigenvalue weighted by Crippen LogP contribution is 2.34. The minimum absolute atomic E-state index is 0.143. The smallest absolute Gasteiger partial charge is 0.225 e. The molecular formula is C13H10F3NO2S. The lowest BCUT2D eigenvalue weighted by Crippen LogP contribution is -2.14. The van der Waals surface area contributed by atoms with Crippen molar-refractivity contribution in [2.24, 2.45) is 5.14 Å². The van der Waals surface area contributed by atoms with Crippen LogP contribution in [0.1, 0.15) is 5.56 Å². The predicted molar refractivity (Wildman–Crippen MR) is 68.3 cm³/mol. The summed E-state index contributed by atoms with van der Waals surface area (Å²) in [6.45, 7) is 0. The lowest BCUT2D eigenvalue weighted by molar-refractivity contribution is -0.137. The normalized spacial score (nSPS) is 12.4. The molecule has 2 rings (SSSR count). The van der Waals surface area contributed by atoms with Crippen molar-refractivity contribution in [3.05, 3.63) is 54.1 Å². The largest absolute Gasteiger partial charge is 0.416 e. The van der Waals surface area contributed by atoms with Crippen molar-refractivity contribution < 1.29 is 21.6 Å². The first-order valence-electron chi connectivity index (χ1n) is 5.48. The number of hydrogen-bond donors (Lipinski definition) is 1. The summed E-state index contributed by atoms with van der Waals surface area (Å²) in [5.41, 5.74) is -0.434. The third-order valence-corrected chi connectivity index (χ3v) is 3.56. The molecule has 0 heterocycles. The van der Waals surface area contributed by atoms with Crippen LogP contribution in [-0.4, -0.2) is 8.42 Å². The minimum atomic E-state index is -4.65. The van der Waals surface area contributed by atoms with E-state index in [1.807, 2.05) is 0 Å². The van der Waals surface area contributed by atoms with Crippen LogP contribution in [0.2, 0.25) is 0 Å². The lowest BCUT2D eigenvalue weighted by Gasteiger charge is -2.11. The molecule has 106 valence electrons. The Labute approximate surface area is 113 Å². The zero-order valence-electron chi connectivity index (χ0n) is 10.1. The van der Waals surface area contributed by atoms with Crippen LogP contribution < -0.4 is 5.14 Å². The van der Waals surface area contributed by atoms with Crippen LogP contribution in [0.25, 0.3) is 11.1 Å². The quantitative estimate of drug-likeness (QED) is 0.927. The van der Waals surface area contributed by atoms with E-state index in [1.54, 1.807) is 30.3 Å². The first kappa shape index (κ1) is 14.5. The van der Waals surface area contributed by atoms with Crippen LogP contribution >= 0.6 is 0 Å². The van der Waals surface area contributed by atoms with E-state index in [0.717, 1.165) is 12.1 Å². The van der Waals surface area contributed by atoms with Gasteiger partial charge in [0.25, 0.3) is 0 Å². The van der Waals surface area contributed by atoms with E-state index in [9.17, 15) is 21.6 Å². The maximum atomic E-state index is 12.8. The molecule has 7 heteroatoms. The molecule has 0 fully saturated rings. The molecule has 0 aromatic heterocycles. The van der Waals surface area contributed by atoms with E-state index in [4.69, 9.17) is 5.14 Å². The molecule has 0 aliphatic heterocycles. The summed E-state index contributed by atoms with van der Waals surface area (Å²) >= 11 is 0. The number of alkyl halides is 3. The van der Waals surface area contributed by atoms with Gasteiger partial charge in [0, 0.05) is 0 Å². The summed E-state index contributed by atoms with van der Waals surface area (Å²) in [4.78, 5) is -0.564. The zero-order valence-corrected chi connectivity index (χ0v) is 10.9. The molecule has 0 bridgehead atoms. The van der Waals surface area contributed by atoms with Gasteiger partial charge in [0.2, 0.25) is 10.0 Å². The van der Waals surface area contributed by atoms with Crippen LogP contribution in [-0.2, 0) is 16.2 Å². The molecule has 0 spiro atoms. The second-order valence-electron chi connectivity index (χ2n) is 4.15. The van der Waals surface area contributed by atoms with Crippen molar-refractivity contribution in [3.8, 4) is 11.1 Å². The Kier molecular flexibility index (Phi) is 3.58. The number of nitrogens with two attached hydrogens (primary N) is 1. The summed E-state index contributed by atoms with van der Waals surface area (Å²) < 4.78 is 61.1. The summed E-state index contributed by atoms with van der Waals surface area (Å²) in [6, 6.07) is 10.7.